The molecular formula is C34H34N6O2. The van der Waals surface area contributed by atoms with Gasteiger partial charge in [-0.1, -0.05) is 36.4 Å². The number of rotatable bonds is 5. The van der Waals surface area contributed by atoms with Crippen LogP contribution in [0.5, 0.6) is 5.75 Å². The van der Waals surface area contributed by atoms with Crippen LogP contribution in [0.4, 0.5) is 5.69 Å². The average Bonchev–Trinajstić information content (AvgIpc) is 3.57. The minimum atomic E-state index is 0.375. The molecule has 0 spiro atoms. The molecule has 5 aromatic rings. The van der Waals surface area contributed by atoms with Gasteiger partial charge in [-0.25, -0.2) is 4.98 Å². The van der Waals surface area contributed by atoms with Gasteiger partial charge in [0.25, 0.3) is 0 Å². The lowest BCUT2D eigenvalue weighted by Gasteiger charge is -2.43. The number of ether oxygens (including phenoxy) is 1. The number of aldehydes is 1. The maximum absolute atomic E-state index is 9.77. The molecule has 8 nitrogen and oxygen atoms in total. The molecule has 2 unspecified atom stereocenters. The lowest BCUT2D eigenvalue weighted by atomic mass is 9.98. The number of nitriles is 1. The first-order chi connectivity index (χ1) is 20.4. The standard InChI is InChI=1S/C30H30N4O.C4H4N2O/c1-20-18-34(19-21(2)33(20)3)25-14-12-24(13-15-25)28-17-32-29-26(6-5-7-27(29)30(28)35-4)23-10-8-22(16-31)9-11-23;7-3-4-5-1-2-6-4/h5-15,17,20-21H,18-19H2,1-4H3;1-3H,(H,5,6). The molecule has 1 aliphatic heterocycles. The monoisotopic (exact) mass is 558 g/mol. The topological polar surface area (TPSA) is 98.1 Å². The SMILES string of the molecule is COc1c(-c2ccc(N3CC(C)N(C)C(C)C3)cc2)cnc2c(-c3ccc(C#N)cc3)cccc12.O=Cc1ncc[nH]1. The first-order valence-electron chi connectivity index (χ1n) is 13.9. The number of likely N-dealkylation sites (N-methyl/N-ethyl adjacent to an activating group) is 1. The highest BCUT2D eigenvalue weighted by Gasteiger charge is 2.26. The van der Waals surface area contributed by atoms with E-state index in [0.717, 1.165) is 52.0 Å². The molecule has 0 bridgehead atoms. The van der Waals surface area contributed by atoms with Gasteiger partial charge in [-0.05, 0) is 62.4 Å². The molecular weight excluding hydrogens is 524 g/mol. The van der Waals surface area contributed by atoms with Crippen LogP contribution in [-0.4, -0.2) is 65.5 Å². The minimum absolute atomic E-state index is 0.375. The summed E-state index contributed by atoms with van der Waals surface area (Å²) < 4.78 is 5.93. The molecule has 42 heavy (non-hydrogen) atoms. The van der Waals surface area contributed by atoms with Gasteiger partial charge in [0.2, 0.25) is 0 Å². The third kappa shape index (κ3) is 5.87. The lowest BCUT2D eigenvalue weighted by Crippen LogP contribution is -2.55. The Balaban J connectivity index is 0.000000442. The molecule has 1 saturated heterocycles. The van der Waals surface area contributed by atoms with E-state index in [1.807, 2.05) is 36.5 Å². The van der Waals surface area contributed by atoms with E-state index in [0.29, 0.717) is 29.8 Å². The van der Waals surface area contributed by atoms with Crippen LogP contribution >= 0.6 is 0 Å². The van der Waals surface area contributed by atoms with Crippen LogP contribution in [0.15, 0.2) is 85.3 Å². The number of piperazine rings is 1. The first-order valence-corrected chi connectivity index (χ1v) is 13.9. The Hall–Kier alpha value is -5.00. The van der Waals surface area contributed by atoms with Crippen LogP contribution in [0.1, 0.15) is 30.0 Å². The Morgan fingerprint density at radius 2 is 1.62 bits per heavy atom. The van der Waals surface area contributed by atoms with Crippen molar-refractivity contribution in [3.8, 4) is 34.1 Å². The van der Waals surface area contributed by atoms with Crippen molar-refractivity contribution < 1.29 is 9.53 Å². The van der Waals surface area contributed by atoms with E-state index in [-0.39, 0.29) is 0 Å². The van der Waals surface area contributed by atoms with Gasteiger partial charge in [-0.3, -0.25) is 14.7 Å². The van der Waals surface area contributed by atoms with Gasteiger partial charge in [-0.15, -0.1) is 0 Å². The van der Waals surface area contributed by atoms with Crippen LogP contribution < -0.4 is 9.64 Å². The molecule has 2 atom stereocenters. The predicted octanol–water partition coefficient (Wildman–Crippen LogP) is 6.20. The number of methoxy groups -OCH3 is 1. The Morgan fingerprint density at radius 3 is 2.19 bits per heavy atom. The van der Waals surface area contributed by atoms with Crippen LogP contribution in [0, 0.1) is 11.3 Å². The molecule has 0 radical (unpaired) electrons. The summed E-state index contributed by atoms with van der Waals surface area (Å²) in [6.07, 6.45) is 5.71. The van der Waals surface area contributed by atoms with Crippen molar-refractivity contribution in [3.63, 3.8) is 0 Å². The zero-order valence-corrected chi connectivity index (χ0v) is 24.3. The molecule has 3 heterocycles. The van der Waals surface area contributed by atoms with E-state index in [1.165, 1.54) is 11.9 Å². The zero-order chi connectivity index (χ0) is 29.6. The number of nitrogens with one attached hydrogen (secondary N) is 1. The number of benzene rings is 3. The van der Waals surface area contributed by atoms with Gasteiger partial charge in [0, 0.05) is 66.0 Å². The summed E-state index contributed by atoms with van der Waals surface area (Å²) in [7, 11) is 3.93. The number of carbonyl (C=O) groups is 1. The van der Waals surface area contributed by atoms with Crippen LogP contribution in [0.25, 0.3) is 33.2 Å². The van der Waals surface area contributed by atoms with E-state index >= 15 is 0 Å². The maximum atomic E-state index is 9.77. The third-order valence-corrected chi connectivity index (χ3v) is 7.91. The lowest BCUT2D eigenvalue weighted by molar-refractivity contribution is 0.111. The Labute approximate surface area is 246 Å². The van der Waals surface area contributed by atoms with E-state index in [1.54, 1.807) is 13.3 Å². The van der Waals surface area contributed by atoms with Gasteiger partial charge >= 0.3 is 0 Å². The Kier molecular flexibility index (Phi) is 8.60. The second-order valence-corrected chi connectivity index (χ2v) is 10.5. The zero-order valence-electron chi connectivity index (χ0n) is 24.3. The number of fused-ring (bicyclic) bond motifs is 1. The molecule has 1 aliphatic rings. The van der Waals surface area contributed by atoms with Crippen molar-refractivity contribution in [1.29, 1.82) is 5.26 Å². The average molecular weight is 559 g/mol. The smallest absolute Gasteiger partial charge is 0.185 e. The fourth-order valence-corrected chi connectivity index (χ4v) is 5.39. The second kappa shape index (κ2) is 12.7. The summed E-state index contributed by atoms with van der Waals surface area (Å²) in [5.74, 6) is 1.19. The fraction of sp³-hybridized carbons (Fsp3) is 0.235. The molecule has 0 aliphatic carbocycles. The van der Waals surface area contributed by atoms with Crippen molar-refractivity contribution >= 4 is 22.9 Å². The predicted molar refractivity (Wildman–Crippen MR) is 167 cm³/mol. The number of imidazole rings is 1. The molecule has 6 rings (SSSR count). The number of pyridine rings is 1. The largest absolute Gasteiger partial charge is 0.495 e. The van der Waals surface area contributed by atoms with Gasteiger partial charge in [0.15, 0.2) is 12.1 Å². The number of hydrogen-bond acceptors (Lipinski definition) is 7. The molecule has 1 fully saturated rings. The van der Waals surface area contributed by atoms with Crippen molar-refractivity contribution in [2.45, 2.75) is 25.9 Å². The number of H-pyrrole nitrogens is 1. The maximum Gasteiger partial charge on any atom is 0.185 e. The second-order valence-electron chi connectivity index (χ2n) is 10.5. The summed E-state index contributed by atoms with van der Waals surface area (Å²) in [5.41, 5.74) is 6.88. The number of nitrogens with zero attached hydrogens (tertiary/aromatic N) is 5. The van der Waals surface area contributed by atoms with Crippen molar-refractivity contribution in [1.82, 2.24) is 19.9 Å². The summed E-state index contributed by atoms with van der Waals surface area (Å²) >= 11 is 0. The van der Waals surface area contributed by atoms with Gasteiger partial charge < -0.3 is 14.6 Å². The number of anilines is 1. The highest BCUT2D eigenvalue weighted by atomic mass is 16.5. The van der Waals surface area contributed by atoms with Crippen LogP contribution in [0.3, 0.4) is 0 Å². The number of hydrogen-bond donors (Lipinski definition) is 1. The minimum Gasteiger partial charge on any atom is -0.495 e. The van der Waals surface area contributed by atoms with E-state index in [2.05, 4.69) is 83.1 Å². The Morgan fingerprint density at radius 1 is 0.952 bits per heavy atom. The van der Waals surface area contributed by atoms with Crippen molar-refractivity contribution in [2.24, 2.45) is 0 Å². The fourth-order valence-electron chi connectivity index (χ4n) is 5.39. The molecule has 0 saturated carbocycles. The highest BCUT2D eigenvalue weighted by Crippen LogP contribution is 2.39. The number of carbonyl (C=O) groups excluding carboxylic acids is 1. The summed E-state index contributed by atoms with van der Waals surface area (Å²) in [5, 5.41) is 10.1. The number of aromatic amines is 1. The number of aromatic nitrogens is 3. The van der Waals surface area contributed by atoms with E-state index in [9.17, 15) is 4.79 Å². The van der Waals surface area contributed by atoms with Crippen LogP contribution in [0.2, 0.25) is 0 Å². The van der Waals surface area contributed by atoms with E-state index in [4.69, 9.17) is 15.0 Å². The van der Waals surface area contributed by atoms with Gasteiger partial charge in [0.05, 0.1) is 24.3 Å². The van der Waals surface area contributed by atoms with Crippen LogP contribution in [-0.2, 0) is 0 Å². The molecule has 1 N–H and O–H groups in total. The molecule has 3 aromatic carbocycles. The highest BCUT2D eigenvalue weighted by molar-refractivity contribution is 6.00. The third-order valence-electron chi connectivity index (χ3n) is 7.91. The van der Waals surface area contributed by atoms with Gasteiger partial charge in [0.1, 0.15) is 5.75 Å². The molecule has 212 valence electrons. The summed E-state index contributed by atoms with van der Waals surface area (Å²) in [6, 6.07) is 25.7. The number of para-hydroxylation sites is 1. The normalized spacial score (nSPS) is 16.8. The summed E-state index contributed by atoms with van der Waals surface area (Å²) in [6.45, 7) is 6.63. The quantitative estimate of drug-likeness (QED) is 0.257. The molecule has 2 aromatic heterocycles. The van der Waals surface area contributed by atoms with E-state index < -0.39 is 0 Å². The molecule has 0 amide bonds. The first kappa shape index (κ1) is 28.5. The van der Waals surface area contributed by atoms with Gasteiger partial charge in [-0.2, -0.15) is 5.26 Å². The van der Waals surface area contributed by atoms with Crippen molar-refractivity contribution in [3.05, 3.63) is 96.7 Å². The van der Waals surface area contributed by atoms with Crippen molar-refractivity contribution in [2.75, 3.05) is 32.1 Å². The Bertz CT molecular complexity index is 1680. The summed E-state index contributed by atoms with van der Waals surface area (Å²) in [4.78, 5) is 25.8. The molecule has 8 heteroatoms.